The average molecular weight is 627 g/mol. The highest BCUT2D eigenvalue weighted by atomic mass is 15.1. The highest BCUT2D eigenvalue weighted by Gasteiger charge is 2.22. The summed E-state index contributed by atoms with van der Waals surface area (Å²) in [6.07, 6.45) is 24.1. The van der Waals surface area contributed by atoms with E-state index in [1.165, 1.54) is 111 Å². The number of nitrogens with zero attached hydrogens (tertiary/aromatic N) is 4. The van der Waals surface area contributed by atoms with Crippen LogP contribution in [0.4, 0.5) is 22.7 Å². The fraction of sp³-hybridized carbons (Fsp3) is 0.571. The SMILES string of the molecule is CCCCN(CCCC)c1ccc([N+](=C2C=CC(=[N+](CCCC)CCCC)C=C2)c2ccc(N(CCCC)CCCC)cc2)cc1. The molecule has 1 aliphatic carbocycles. The van der Waals surface area contributed by atoms with Gasteiger partial charge in [0.2, 0.25) is 17.1 Å². The molecule has 0 bridgehead atoms. The maximum absolute atomic E-state index is 2.58. The lowest BCUT2D eigenvalue weighted by molar-refractivity contribution is -0.527. The highest BCUT2D eigenvalue weighted by Crippen LogP contribution is 2.28. The van der Waals surface area contributed by atoms with Gasteiger partial charge in [-0.3, -0.25) is 0 Å². The molecule has 2 aromatic carbocycles. The number of hydrogen-bond donors (Lipinski definition) is 0. The molecule has 252 valence electrons. The first-order valence-corrected chi connectivity index (χ1v) is 18.9. The van der Waals surface area contributed by atoms with Crippen LogP contribution >= 0.6 is 0 Å². The molecular formula is C42H66N4+2. The molecule has 0 radical (unpaired) electrons. The monoisotopic (exact) mass is 627 g/mol. The maximum Gasteiger partial charge on any atom is 0.212 e. The van der Waals surface area contributed by atoms with Crippen LogP contribution in [0.25, 0.3) is 0 Å². The number of rotatable bonds is 22. The Balaban J connectivity index is 2.04. The van der Waals surface area contributed by atoms with Crippen LogP contribution < -0.4 is 14.4 Å². The molecule has 0 saturated carbocycles. The molecule has 46 heavy (non-hydrogen) atoms. The van der Waals surface area contributed by atoms with E-state index in [0.29, 0.717) is 0 Å². The number of allylic oxidation sites excluding steroid dienone is 4. The van der Waals surface area contributed by atoms with Gasteiger partial charge >= 0.3 is 0 Å². The van der Waals surface area contributed by atoms with Crippen LogP contribution in [0.2, 0.25) is 0 Å². The molecular weight excluding hydrogens is 560 g/mol. The minimum Gasteiger partial charge on any atom is -0.372 e. The Bertz CT molecular complexity index is 1140. The van der Waals surface area contributed by atoms with Gasteiger partial charge in [0.05, 0.1) is 0 Å². The molecule has 0 heterocycles. The normalized spacial score (nSPS) is 12.6. The Morgan fingerprint density at radius 3 is 1.07 bits per heavy atom. The summed E-state index contributed by atoms with van der Waals surface area (Å²) in [6.45, 7) is 20.5. The molecule has 0 unspecified atom stereocenters. The van der Waals surface area contributed by atoms with E-state index in [9.17, 15) is 0 Å². The van der Waals surface area contributed by atoms with Gasteiger partial charge in [0.25, 0.3) is 0 Å². The van der Waals surface area contributed by atoms with Crippen LogP contribution in [-0.2, 0) is 0 Å². The van der Waals surface area contributed by atoms with Crippen LogP contribution in [0.3, 0.4) is 0 Å². The Labute approximate surface area is 283 Å². The van der Waals surface area contributed by atoms with Crippen molar-refractivity contribution in [3.63, 3.8) is 0 Å². The molecule has 1 aliphatic rings. The van der Waals surface area contributed by atoms with Gasteiger partial charge in [-0.15, -0.1) is 0 Å². The smallest absolute Gasteiger partial charge is 0.212 e. The minimum absolute atomic E-state index is 1.13. The Kier molecular flexibility index (Phi) is 17.5. The van der Waals surface area contributed by atoms with Gasteiger partial charge in [-0.05, 0) is 49.9 Å². The predicted octanol–water partition coefficient (Wildman–Crippen LogP) is 11.0. The Hall–Kier alpha value is -3.14. The zero-order valence-corrected chi connectivity index (χ0v) is 30.4. The fourth-order valence-corrected chi connectivity index (χ4v) is 6.09. The van der Waals surface area contributed by atoms with Crippen molar-refractivity contribution >= 4 is 34.2 Å². The maximum atomic E-state index is 2.58. The summed E-state index contributed by atoms with van der Waals surface area (Å²) in [5.74, 6) is 0. The van der Waals surface area contributed by atoms with Crippen LogP contribution in [0.15, 0.2) is 72.8 Å². The standard InChI is InChI=1S/C42H66N4/c1-7-13-31-43(32-14-8-2)37-19-25-40(26-20-37)46(41-27-21-38(22-28-41)44(33-15-9-3)34-16-10-4)42-29-23-39(24-30-42)45(35-17-11-5)36-18-12-6/h19-30H,7-18,31-36H2,1-6H3/q+2. The van der Waals surface area contributed by atoms with Gasteiger partial charge in [0.15, 0.2) is 5.71 Å². The van der Waals surface area contributed by atoms with Crippen molar-refractivity contribution in [1.29, 1.82) is 0 Å². The lowest BCUT2D eigenvalue weighted by Gasteiger charge is -2.25. The topological polar surface area (TPSA) is 12.5 Å². The van der Waals surface area contributed by atoms with Crippen molar-refractivity contribution in [3.05, 3.63) is 72.8 Å². The molecule has 0 amide bonds. The summed E-state index contributed by atoms with van der Waals surface area (Å²) in [4.78, 5) is 5.15. The second kappa shape index (κ2) is 21.6. The predicted molar refractivity (Wildman–Crippen MR) is 207 cm³/mol. The van der Waals surface area contributed by atoms with E-state index in [-0.39, 0.29) is 0 Å². The van der Waals surface area contributed by atoms with E-state index in [1.54, 1.807) is 0 Å². The van der Waals surface area contributed by atoms with E-state index in [4.69, 9.17) is 0 Å². The Morgan fingerprint density at radius 2 is 0.739 bits per heavy atom. The summed E-state index contributed by atoms with van der Waals surface area (Å²) in [6, 6.07) is 18.7. The van der Waals surface area contributed by atoms with E-state index in [0.717, 1.165) is 39.3 Å². The molecule has 4 nitrogen and oxygen atoms in total. The highest BCUT2D eigenvalue weighted by molar-refractivity contribution is 6.18. The number of anilines is 2. The molecule has 0 saturated heterocycles. The zero-order valence-electron chi connectivity index (χ0n) is 30.4. The lowest BCUT2D eigenvalue weighted by atomic mass is 10.1. The molecule has 0 aromatic heterocycles. The second-order valence-corrected chi connectivity index (χ2v) is 13.0. The largest absolute Gasteiger partial charge is 0.372 e. The molecule has 0 atom stereocenters. The van der Waals surface area contributed by atoms with Crippen molar-refractivity contribution < 1.29 is 4.58 Å². The average Bonchev–Trinajstić information content (AvgIpc) is 3.10. The third-order valence-electron chi connectivity index (χ3n) is 9.11. The van der Waals surface area contributed by atoms with Crippen molar-refractivity contribution in [2.75, 3.05) is 49.1 Å². The first-order chi connectivity index (χ1) is 22.6. The van der Waals surface area contributed by atoms with Gasteiger partial charge in [0, 0.05) is 99.0 Å². The molecule has 0 aliphatic heterocycles. The van der Waals surface area contributed by atoms with Gasteiger partial charge in [-0.25, -0.2) is 4.58 Å². The second-order valence-electron chi connectivity index (χ2n) is 13.0. The van der Waals surface area contributed by atoms with Crippen LogP contribution in [0, 0.1) is 0 Å². The van der Waals surface area contributed by atoms with Crippen molar-refractivity contribution in [2.24, 2.45) is 0 Å². The van der Waals surface area contributed by atoms with E-state index in [1.807, 2.05) is 0 Å². The number of benzene rings is 2. The minimum atomic E-state index is 1.13. The quantitative estimate of drug-likeness (QED) is 0.0952. The first-order valence-electron chi connectivity index (χ1n) is 18.9. The summed E-state index contributed by atoms with van der Waals surface area (Å²) in [5, 5.41) is 0. The summed E-state index contributed by atoms with van der Waals surface area (Å²) < 4.78 is 5.01. The van der Waals surface area contributed by atoms with Gasteiger partial charge in [-0.2, -0.15) is 4.58 Å². The zero-order chi connectivity index (χ0) is 33.0. The summed E-state index contributed by atoms with van der Waals surface area (Å²) >= 11 is 0. The van der Waals surface area contributed by atoms with Crippen LogP contribution in [-0.4, -0.2) is 55.3 Å². The van der Waals surface area contributed by atoms with Gasteiger partial charge in [-0.1, -0.05) is 80.1 Å². The third kappa shape index (κ3) is 11.6. The molecule has 0 N–H and O–H groups in total. The third-order valence-corrected chi connectivity index (χ3v) is 9.11. The van der Waals surface area contributed by atoms with E-state index >= 15 is 0 Å². The van der Waals surface area contributed by atoms with Crippen LogP contribution in [0.5, 0.6) is 0 Å². The van der Waals surface area contributed by atoms with Gasteiger partial charge in [0.1, 0.15) is 13.1 Å². The van der Waals surface area contributed by atoms with Crippen LogP contribution in [0.1, 0.15) is 119 Å². The molecule has 0 fully saturated rings. The summed E-state index contributed by atoms with van der Waals surface area (Å²) in [7, 11) is 0. The van der Waals surface area contributed by atoms with E-state index in [2.05, 4.69) is 133 Å². The Morgan fingerprint density at radius 1 is 0.413 bits per heavy atom. The van der Waals surface area contributed by atoms with Gasteiger partial charge < -0.3 is 9.80 Å². The van der Waals surface area contributed by atoms with Crippen molar-refractivity contribution in [3.8, 4) is 0 Å². The lowest BCUT2D eigenvalue weighted by Crippen LogP contribution is -2.26. The fourth-order valence-electron chi connectivity index (χ4n) is 6.09. The molecule has 2 aromatic rings. The number of hydrogen-bond acceptors (Lipinski definition) is 2. The number of unbranched alkanes of at least 4 members (excludes halogenated alkanes) is 6. The van der Waals surface area contributed by atoms with E-state index < -0.39 is 0 Å². The molecule has 3 rings (SSSR count). The molecule has 0 spiro atoms. The summed E-state index contributed by atoms with van der Waals surface area (Å²) in [5.41, 5.74) is 7.62. The first kappa shape index (κ1) is 37.3. The van der Waals surface area contributed by atoms with Crippen molar-refractivity contribution in [2.45, 2.75) is 119 Å². The van der Waals surface area contributed by atoms with Crippen molar-refractivity contribution in [1.82, 2.24) is 4.58 Å². The molecule has 4 heteroatoms.